The van der Waals surface area contributed by atoms with Crippen molar-refractivity contribution < 1.29 is 0 Å². The smallest absolute Gasteiger partial charge is 0.101 e. The Labute approximate surface area is 168 Å². The summed E-state index contributed by atoms with van der Waals surface area (Å²) in [5.41, 5.74) is 0.807. The first-order chi connectivity index (χ1) is 9.65. The Bertz CT molecular complexity index is 457. The zero-order chi connectivity index (χ0) is 16.6. The Balaban J connectivity index is 5.38. The molecule has 0 saturated heterocycles. The van der Waals surface area contributed by atoms with Crippen molar-refractivity contribution in [3.8, 4) is 0 Å². The molecule has 8 heteroatoms. The van der Waals surface area contributed by atoms with Crippen LogP contribution in [0, 0.1) is 0 Å². The summed E-state index contributed by atoms with van der Waals surface area (Å²) >= 11 is 44.2. The van der Waals surface area contributed by atoms with Gasteiger partial charge in [-0.2, -0.15) is 0 Å². The molecular formula is C13H12BrCl7. The van der Waals surface area contributed by atoms with Crippen LogP contribution in [-0.4, -0.2) is 9.67 Å². The average molecular weight is 496 g/mol. The van der Waals surface area contributed by atoms with Crippen LogP contribution in [0.4, 0.5) is 0 Å². The molecular weight excluding hydrogens is 484 g/mol. The van der Waals surface area contributed by atoms with Crippen LogP contribution in [0.2, 0.25) is 0 Å². The van der Waals surface area contributed by atoms with Gasteiger partial charge in [0.1, 0.15) is 9.67 Å². The minimum atomic E-state index is -0.813. The van der Waals surface area contributed by atoms with Crippen LogP contribution >= 0.6 is 97.1 Å². The van der Waals surface area contributed by atoms with Crippen LogP contribution < -0.4 is 0 Å². The third-order valence-corrected chi connectivity index (χ3v) is 5.05. The first-order valence-electron chi connectivity index (χ1n) is 5.63. The molecule has 0 aromatic carbocycles. The number of alkyl halides is 4. The lowest BCUT2D eigenvalue weighted by Gasteiger charge is -2.08. The maximum absolute atomic E-state index is 6.10. The Morgan fingerprint density at radius 2 is 1.67 bits per heavy atom. The largest absolute Gasteiger partial charge is 0.143 e. The van der Waals surface area contributed by atoms with Gasteiger partial charge in [-0.15, -0.1) is 23.2 Å². The van der Waals surface area contributed by atoms with Gasteiger partial charge >= 0.3 is 0 Å². The van der Waals surface area contributed by atoms with E-state index in [4.69, 9.17) is 81.2 Å². The Kier molecular flexibility index (Phi) is 12.8. The van der Waals surface area contributed by atoms with E-state index in [1.807, 2.05) is 6.08 Å². The number of hydrogen-bond acceptors (Lipinski definition) is 0. The summed E-state index contributed by atoms with van der Waals surface area (Å²) in [6.07, 6.45) is 6.09. The van der Waals surface area contributed by atoms with E-state index in [9.17, 15) is 0 Å². The lowest BCUT2D eigenvalue weighted by Crippen LogP contribution is -1.91. The summed E-state index contributed by atoms with van der Waals surface area (Å²) in [6, 6.07) is 0. The van der Waals surface area contributed by atoms with E-state index >= 15 is 0 Å². The quantitative estimate of drug-likeness (QED) is 0.189. The standard InChI is InChI=1S/C13H12BrCl7/c1-7(15)10(16)5-8(6-11(17)13(20)21)9(14)3-2-4-12(18)19/h2,4,6,12-13H,3,5H2,1H3. The van der Waals surface area contributed by atoms with Gasteiger partial charge in [-0.25, -0.2) is 0 Å². The van der Waals surface area contributed by atoms with Crippen molar-refractivity contribution in [2.45, 2.75) is 29.4 Å². The molecule has 0 nitrogen and oxygen atoms in total. The van der Waals surface area contributed by atoms with Crippen molar-refractivity contribution in [3.63, 3.8) is 0 Å². The van der Waals surface area contributed by atoms with Crippen LogP contribution in [0.15, 0.2) is 43.4 Å². The fourth-order valence-electron chi connectivity index (χ4n) is 1.15. The van der Waals surface area contributed by atoms with E-state index in [-0.39, 0.29) is 0 Å². The summed E-state index contributed by atoms with van der Waals surface area (Å²) < 4.78 is 0.843. The number of rotatable bonds is 7. The lowest BCUT2D eigenvalue weighted by atomic mass is 10.1. The summed E-state index contributed by atoms with van der Waals surface area (Å²) in [7, 11) is 0. The molecule has 0 heterocycles. The lowest BCUT2D eigenvalue weighted by molar-refractivity contribution is 1.18. The van der Waals surface area contributed by atoms with Crippen LogP contribution in [0.1, 0.15) is 19.8 Å². The molecule has 0 atom stereocenters. The predicted molar refractivity (Wildman–Crippen MR) is 104 cm³/mol. The van der Waals surface area contributed by atoms with Gasteiger partial charge in [0.05, 0.1) is 5.03 Å². The third-order valence-electron chi connectivity index (χ3n) is 2.17. The Hall–Kier alpha value is 1.47. The predicted octanol–water partition coefficient (Wildman–Crippen LogP) is 8.41. The van der Waals surface area contributed by atoms with E-state index in [0.717, 1.165) is 10.1 Å². The maximum Gasteiger partial charge on any atom is 0.143 e. The molecule has 0 fully saturated rings. The van der Waals surface area contributed by atoms with Gasteiger partial charge in [0.15, 0.2) is 0 Å². The van der Waals surface area contributed by atoms with Crippen LogP contribution in [-0.2, 0) is 0 Å². The molecule has 21 heavy (non-hydrogen) atoms. The van der Waals surface area contributed by atoms with Crippen molar-refractivity contribution >= 4 is 97.1 Å². The van der Waals surface area contributed by atoms with Crippen LogP contribution in [0.25, 0.3) is 0 Å². The summed E-state index contributed by atoms with van der Waals surface area (Å²) in [5.74, 6) is 0. The molecule has 0 radical (unpaired) electrons. The van der Waals surface area contributed by atoms with E-state index in [1.165, 1.54) is 0 Å². The minimum Gasteiger partial charge on any atom is -0.101 e. The fourth-order valence-corrected chi connectivity index (χ4v) is 2.26. The normalized spacial score (nSPS) is 15.9. The molecule has 0 aliphatic carbocycles. The topological polar surface area (TPSA) is 0 Å². The highest BCUT2D eigenvalue weighted by molar-refractivity contribution is 9.11. The SMILES string of the molecule is CC(Cl)=C(Cl)CC(C=C(Cl)C(Cl)Cl)=C(Br)CC=CC(Cl)Cl. The molecule has 0 aliphatic heterocycles. The molecule has 0 unspecified atom stereocenters. The number of allylic oxidation sites excluding steroid dienone is 8. The van der Waals surface area contributed by atoms with Crippen molar-refractivity contribution in [1.82, 2.24) is 0 Å². The van der Waals surface area contributed by atoms with Gasteiger partial charge < -0.3 is 0 Å². The summed E-state index contributed by atoms with van der Waals surface area (Å²) in [6.45, 7) is 1.71. The first-order valence-corrected chi connectivity index (χ1v) is 9.30. The van der Waals surface area contributed by atoms with Gasteiger partial charge in [0.25, 0.3) is 0 Å². The monoisotopic (exact) mass is 492 g/mol. The van der Waals surface area contributed by atoms with Crippen molar-refractivity contribution in [2.24, 2.45) is 0 Å². The molecule has 0 aromatic heterocycles. The van der Waals surface area contributed by atoms with E-state index in [1.54, 1.807) is 19.1 Å². The summed E-state index contributed by atoms with van der Waals surface area (Å²) in [5, 5.41) is 1.30. The highest BCUT2D eigenvalue weighted by Gasteiger charge is 2.10. The summed E-state index contributed by atoms with van der Waals surface area (Å²) in [4.78, 5) is -1.37. The van der Waals surface area contributed by atoms with Crippen molar-refractivity contribution in [1.29, 1.82) is 0 Å². The molecule has 0 bridgehead atoms. The van der Waals surface area contributed by atoms with Crippen LogP contribution in [0.3, 0.4) is 0 Å². The van der Waals surface area contributed by atoms with Gasteiger partial charge in [0.2, 0.25) is 0 Å². The van der Waals surface area contributed by atoms with Crippen molar-refractivity contribution in [2.75, 3.05) is 0 Å². The molecule has 0 rings (SSSR count). The van der Waals surface area contributed by atoms with E-state index in [0.29, 0.717) is 27.9 Å². The average Bonchev–Trinajstić information content (AvgIpc) is 2.36. The van der Waals surface area contributed by atoms with Gasteiger partial charge in [0, 0.05) is 21.0 Å². The molecule has 0 amide bonds. The van der Waals surface area contributed by atoms with E-state index < -0.39 is 9.67 Å². The highest BCUT2D eigenvalue weighted by Crippen LogP contribution is 2.31. The minimum absolute atomic E-state index is 0.290. The van der Waals surface area contributed by atoms with Gasteiger partial charge in [-0.1, -0.05) is 86.1 Å². The molecule has 0 aromatic rings. The maximum atomic E-state index is 6.10. The highest BCUT2D eigenvalue weighted by atomic mass is 79.9. The molecule has 0 saturated carbocycles. The second-order valence-electron chi connectivity index (χ2n) is 3.84. The van der Waals surface area contributed by atoms with Gasteiger partial charge in [-0.3, -0.25) is 0 Å². The number of hydrogen-bond donors (Lipinski definition) is 0. The molecule has 0 spiro atoms. The number of halogens is 8. The Morgan fingerprint density at radius 3 is 2.10 bits per heavy atom. The first kappa shape index (κ1) is 22.5. The molecule has 0 N–H and O–H groups in total. The molecule has 120 valence electrons. The zero-order valence-corrected chi connectivity index (χ0v) is 17.7. The second-order valence-corrected chi connectivity index (χ2v) is 8.52. The van der Waals surface area contributed by atoms with E-state index in [2.05, 4.69) is 15.9 Å². The Morgan fingerprint density at radius 1 is 1.10 bits per heavy atom. The van der Waals surface area contributed by atoms with Crippen molar-refractivity contribution in [3.05, 3.63) is 43.4 Å². The third kappa shape index (κ3) is 10.8. The molecule has 0 aliphatic rings. The second kappa shape index (κ2) is 11.9. The van der Waals surface area contributed by atoms with Gasteiger partial charge in [-0.05, 0) is 25.0 Å². The zero-order valence-electron chi connectivity index (χ0n) is 10.8. The fraction of sp³-hybridized carbons (Fsp3) is 0.385. The van der Waals surface area contributed by atoms with Crippen LogP contribution in [0.5, 0.6) is 0 Å².